The molecule has 0 unspecified atom stereocenters. The fourth-order valence-electron chi connectivity index (χ4n) is 3.01. The summed E-state index contributed by atoms with van der Waals surface area (Å²) in [5.41, 5.74) is 12.3. The van der Waals surface area contributed by atoms with Crippen molar-refractivity contribution in [1.82, 2.24) is 9.55 Å². The predicted molar refractivity (Wildman–Crippen MR) is 124 cm³/mol. The Kier molecular flexibility index (Phi) is 7.48. The minimum atomic E-state index is -0.746. The number of amidine groups is 1. The third-order valence-electron chi connectivity index (χ3n) is 4.65. The van der Waals surface area contributed by atoms with Gasteiger partial charge >= 0.3 is 0 Å². The van der Waals surface area contributed by atoms with Crippen molar-refractivity contribution in [3.63, 3.8) is 0 Å². The number of hydrogen-bond donors (Lipinski definition) is 2. The maximum atomic E-state index is 14.8. The molecule has 0 fully saturated rings. The lowest BCUT2D eigenvalue weighted by molar-refractivity contribution is 0.294. The van der Waals surface area contributed by atoms with Crippen molar-refractivity contribution < 1.29 is 18.3 Å². The number of halogens is 2. The van der Waals surface area contributed by atoms with Gasteiger partial charge in [0.1, 0.15) is 53.0 Å². The summed E-state index contributed by atoms with van der Waals surface area (Å²) in [6.45, 7) is 3.75. The molecule has 0 bridgehead atoms. The van der Waals surface area contributed by atoms with E-state index in [2.05, 4.69) is 9.98 Å². The maximum absolute atomic E-state index is 14.8. The van der Waals surface area contributed by atoms with E-state index in [0.29, 0.717) is 0 Å². The third kappa shape index (κ3) is 5.89. The van der Waals surface area contributed by atoms with Gasteiger partial charge in [-0.25, -0.2) is 13.8 Å². The van der Waals surface area contributed by atoms with E-state index in [4.69, 9.17) is 20.9 Å². The zero-order chi connectivity index (χ0) is 24.8. The van der Waals surface area contributed by atoms with E-state index in [0.717, 1.165) is 17.8 Å². The Balaban J connectivity index is 1.81. The lowest BCUT2D eigenvalue weighted by Crippen LogP contribution is -2.20. The molecule has 34 heavy (non-hydrogen) atoms. The molecular formula is C24H24F2N6O2. The van der Waals surface area contributed by atoms with Gasteiger partial charge < -0.3 is 25.5 Å². The van der Waals surface area contributed by atoms with Crippen LogP contribution in [0.4, 0.5) is 8.78 Å². The summed E-state index contributed by atoms with van der Waals surface area (Å²) in [7, 11) is 1.82. The van der Waals surface area contributed by atoms with Gasteiger partial charge in [-0.05, 0) is 26.0 Å². The Bertz CT molecular complexity index is 1290. The summed E-state index contributed by atoms with van der Waals surface area (Å²) < 4.78 is 41.9. The zero-order valence-electron chi connectivity index (χ0n) is 18.9. The van der Waals surface area contributed by atoms with Gasteiger partial charge in [0.05, 0.1) is 23.9 Å². The maximum Gasteiger partial charge on any atom is 0.138 e. The lowest BCUT2D eigenvalue weighted by atomic mass is 10.1. The van der Waals surface area contributed by atoms with Crippen molar-refractivity contribution in [3.05, 3.63) is 77.4 Å². The molecule has 3 aromatic rings. The van der Waals surface area contributed by atoms with E-state index < -0.39 is 11.6 Å². The molecule has 0 radical (unpaired) electrons. The van der Waals surface area contributed by atoms with Crippen LogP contribution in [0.25, 0.3) is 5.70 Å². The fourth-order valence-corrected chi connectivity index (χ4v) is 3.01. The van der Waals surface area contributed by atoms with Gasteiger partial charge in [0.15, 0.2) is 0 Å². The molecule has 0 atom stereocenters. The summed E-state index contributed by atoms with van der Waals surface area (Å²) in [4.78, 5) is 8.08. The molecule has 0 spiro atoms. The number of nitriles is 1. The molecule has 8 nitrogen and oxygen atoms in total. The molecule has 0 aliphatic carbocycles. The van der Waals surface area contributed by atoms with E-state index in [9.17, 15) is 14.0 Å². The van der Waals surface area contributed by atoms with Crippen LogP contribution in [-0.4, -0.2) is 21.4 Å². The average Bonchev–Trinajstić information content (AvgIpc) is 3.16. The molecule has 1 heterocycles. The molecule has 0 aliphatic rings. The highest BCUT2D eigenvalue weighted by atomic mass is 19.1. The topological polar surface area (TPSA) is 124 Å². The van der Waals surface area contributed by atoms with E-state index in [1.54, 1.807) is 30.9 Å². The van der Waals surface area contributed by atoms with Crippen LogP contribution in [0.2, 0.25) is 0 Å². The van der Waals surface area contributed by atoms with Crippen molar-refractivity contribution in [2.75, 3.05) is 0 Å². The summed E-state index contributed by atoms with van der Waals surface area (Å²) in [5.74, 6) is -0.960. The van der Waals surface area contributed by atoms with Crippen LogP contribution in [-0.2, 0) is 13.7 Å². The number of aryl methyl sites for hydroxylation is 1. The number of ether oxygens (including phenoxy) is 2. The van der Waals surface area contributed by atoms with Crippen LogP contribution in [0, 0.1) is 23.0 Å². The quantitative estimate of drug-likeness (QED) is 0.293. The SMILES string of the molecule is CC(C)N=C(N)/C(C#N)=C(\N)c1ccc(Oc2cc(F)cc(OCc3cncn3C)c2)cc1F. The molecular weight excluding hydrogens is 442 g/mol. The van der Waals surface area contributed by atoms with Gasteiger partial charge in [-0.1, -0.05) is 0 Å². The molecule has 3 rings (SSSR count). The monoisotopic (exact) mass is 466 g/mol. The third-order valence-corrected chi connectivity index (χ3v) is 4.65. The summed E-state index contributed by atoms with van der Waals surface area (Å²) in [6.07, 6.45) is 3.27. The van der Waals surface area contributed by atoms with Crippen molar-refractivity contribution in [3.8, 4) is 23.3 Å². The standard InChI is InChI=1S/C24H24F2N6O2/c1-14(2)31-24(29)21(10-27)23(28)20-5-4-17(9-22(20)26)34-19-7-15(25)6-18(8-19)33-12-16-11-30-13-32(16)3/h4-9,11,13-14H,12,28H2,1-3H3,(H2,29,31)/b23-21-. The lowest BCUT2D eigenvalue weighted by Gasteiger charge is -2.12. The Morgan fingerprint density at radius 2 is 1.88 bits per heavy atom. The van der Waals surface area contributed by atoms with Gasteiger partial charge in [0.25, 0.3) is 0 Å². The number of imidazole rings is 1. The van der Waals surface area contributed by atoms with E-state index >= 15 is 0 Å². The molecule has 0 aliphatic heterocycles. The largest absolute Gasteiger partial charge is 0.487 e. The Morgan fingerprint density at radius 1 is 1.15 bits per heavy atom. The number of aliphatic imine (C=N–C) groups is 1. The molecule has 2 aromatic carbocycles. The summed E-state index contributed by atoms with van der Waals surface area (Å²) >= 11 is 0. The Labute approximate surface area is 195 Å². The second kappa shape index (κ2) is 10.5. The molecule has 1 aromatic heterocycles. The van der Waals surface area contributed by atoms with E-state index in [1.807, 2.05) is 13.1 Å². The van der Waals surface area contributed by atoms with Gasteiger partial charge in [0, 0.05) is 42.9 Å². The first-order valence-corrected chi connectivity index (χ1v) is 10.3. The van der Waals surface area contributed by atoms with Crippen molar-refractivity contribution in [2.45, 2.75) is 26.5 Å². The van der Waals surface area contributed by atoms with Gasteiger partial charge in [-0.3, -0.25) is 4.99 Å². The van der Waals surface area contributed by atoms with E-state index in [-0.39, 0.29) is 52.6 Å². The van der Waals surface area contributed by atoms with Gasteiger partial charge in [0.2, 0.25) is 0 Å². The van der Waals surface area contributed by atoms with Crippen LogP contribution >= 0.6 is 0 Å². The molecule has 0 saturated carbocycles. The van der Waals surface area contributed by atoms with Crippen molar-refractivity contribution >= 4 is 11.5 Å². The van der Waals surface area contributed by atoms with Crippen molar-refractivity contribution in [1.29, 1.82) is 5.26 Å². The predicted octanol–water partition coefficient (Wildman–Crippen LogP) is 4.03. The van der Waals surface area contributed by atoms with Crippen LogP contribution in [0.15, 0.2) is 59.5 Å². The van der Waals surface area contributed by atoms with Crippen molar-refractivity contribution in [2.24, 2.45) is 23.5 Å². The zero-order valence-corrected chi connectivity index (χ0v) is 18.9. The Morgan fingerprint density at radius 3 is 2.50 bits per heavy atom. The summed E-state index contributed by atoms with van der Waals surface area (Å²) in [5, 5.41) is 9.40. The number of nitrogens with two attached hydrogens (primary N) is 2. The molecule has 4 N–H and O–H groups in total. The number of rotatable bonds is 8. The molecule has 10 heteroatoms. The second-order valence-electron chi connectivity index (χ2n) is 7.66. The van der Waals surface area contributed by atoms with Crippen LogP contribution in [0.5, 0.6) is 17.2 Å². The highest BCUT2D eigenvalue weighted by Gasteiger charge is 2.15. The minimum Gasteiger partial charge on any atom is -0.487 e. The number of nitrogens with zero attached hydrogens (tertiary/aromatic N) is 4. The minimum absolute atomic E-state index is 0.0368. The fraction of sp³-hybridized carbons (Fsp3) is 0.208. The summed E-state index contributed by atoms with van der Waals surface area (Å²) in [6, 6.07) is 9.41. The smallest absolute Gasteiger partial charge is 0.138 e. The molecule has 0 amide bonds. The normalized spacial score (nSPS) is 12.3. The first-order valence-electron chi connectivity index (χ1n) is 10.3. The number of aromatic nitrogens is 2. The highest BCUT2D eigenvalue weighted by molar-refractivity contribution is 6.07. The van der Waals surface area contributed by atoms with Gasteiger partial charge in [-0.15, -0.1) is 0 Å². The van der Waals surface area contributed by atoms with Crippen LogP contribution in [0.3, 0.4) is 0 Å². The van der Waals surface area contributed by atoms with Crippen LogP contribution < -0.4 is 20.9 Å². The van der Waals surface area contributed by atoms with Crippen LogP contribution in [0.1, 0.15) is 25.1 Å². The first kappa shape index (κ1) is 24.3. The average molecular weight is 466 g/mol. The molecule has 0 saturated heterocycles. The highest BCUT2D eigenvalue weighted by Crippen LogP contribution is 2.29. The number of benzene rings is 2. The Hall–Kier alpha value is -4.39. The van der Waals surface area contributed by atoms with Gasteiger partial charge in [-0.2, -0.15) is 5.26 Å². The molecule has 176 valence electrons. The number of hydrogen-bond acceptors (Lipinski definition) is 6. The van der Waals surface area contributed by atoms with E-state index in [1.165, 1.54) is 24.3 Å². The first-order chi connectivity index (χ1) is 16.2. The second-order valence-corrected chi connectivity index (χ2v) is 7.66.